The number of nitrogens with zero attached hydrogens (tertiary/aromatic N) is 3. The molecule has 0 fully saturated rings. The molecule has 0 unspecified atom stereocenters. The van der Waals surface area contributed by atoms with Gasteiger partial charge in [0.1, 0.15) is 28.7 Å². The van der Waals surface area contributed by atoms with E-state index in [0.29, 0.717) is 88.1 Å². The van der Waals surface area contributed by atoms with Crippen LogP contribution in [0.3, 0.4) is 0 Å². The highest BCUT2D eigenvalue weighted by Gasteiger charge is 2.24. The number of unbranched alkanes of at least 4 members (excludes halogenated alkanes) is 6. The number of hydrogen-bond donors (Lipinski definition) is 7. The van der Waals surface area contributed by atoms with E-state index in [4.69, 9.17) is 48.5 Å². The van der Waals surface area contributed by atoms with Crippen molar-refractivity contribution in [1.82, 2.24) is 0 Å². The Labute approximate surface area is 596 Å². The van der Waals surface area contributed by atoms with E-state index in [1.165, 1.54) is 22.7 Å². The number of aliphatic carboxylic acids is 3. The number of aliphatic hydroxyl groups is 4. The Kier molecular flexibility index (Phi) is 34.7. The average Bonchev–Trinajstić information content (AvgIpc) is 1.62. The zero-order valence-electron chi connectivity index (χ0n) is 55.0. The van der Waals surface area contributed by atoms with Crippen molar-refractivity contribution in [2.45, 2.75) is 117 Å². The van der Waals surface area contributed by atoms with Crippen molar-refractivity contribution in [3.8, 4) is 28.7 Å². The van der Waals surface area contributed by atoms with E-state index in [1.807, 2.05) is 106 Å². The average molecular weight is 1460 g/mol. The van der Waals surface area contributed by atoms with Gasteiger partial charge in [-0.3, -0.25) is 14.4 Å². The molecule has 20 nitrogen and oxygen atoms in total. The molecule has 7 N–H and O–H groups in total. The Morgan fingerprint density at radius 3 is 1.07 bits per heavy atom. The first-order valence-corrected chi connectivity index (χ1v) is 38.0. The first kappa shape index (κ1) is 77.8. The molecule has 0 aliphatic heterocycles. The molecule has 3 aromatic carbocycles. The molecule has 98 heavy (non-hydrogen) atoms. The molecule has 6 aromatic heterocycles. The van der Waals surface area contributed by atoms with Gasteiger partial charge >= 0.3 is 17.9 Å². The normalized spacial score (nSPS) is 10.9. The van der Waals surface area contributed by atoms with E-state index in [-0.39, 0.29) is 59.3 Å². The molecule has 0 saturated heterocycles. The molecule has 6 heterocycles. The van der Waals surface area contributed by atoms with Crippen LogP contribution in [0.5, 0.6) is 28.7 Å². The van der Waals surface area contributed by atoms with Crippen LogP contribution in [0, 0.1) is 0 Å². The van der Waals surface area contributed by atoms with Gasteiger partial charge in [-0.2, -0.15) is 22.7 Å². The van der Waals surface area contributed by atoms with E-state index in [0.717, 1.165) is 118 Å². The van der Waals surface area contributed by atoms with Gasteiger partial charge in [-0.25, -0.2) is 0 Å². The minimum absolute atomic E-state index is 0.0873. The fraction of sp³-hybridized carbons (Fsp3) is 0.375. The van der Waals surface area contributed by atoms with Gasteiger partial charge in [-0.05, 0) is 164 Å². The fourth-order valence-electron chi connectivity index (χ4n) is 9.95. The molecule has 0 atom stereocenters. The molecule has 9 aromatic rings. The van der Waals surface area contributed by atoms with Crippen molar-refractivity contribution >= 4 is 137 Å². The van der Waals surface area contributed by atoms with Crippen LogP contribution in [0.2, 0.25) is 0 Å². The van der Waals surface area contributed by atoms with Crippen LogP contribution in [-0.2, 0) is 49.9 Å². The maximum Gasteiger partial charge on any atom is 0.303 e. The number of carbonyl (C=O) groups is 3. The standard InChI is InChI=1S/C26H31NO6S2.C24H29NO5S2.C22H27NO6S2/c28-25(29)7-3-1-5-11-32-23-15-22(16-24(17-23)33-12-6-2-4-8-26(30)31)27(20-9-13-34-18-20)21-10-14-35-19-21;26-11-9-18-14-31-16-22(18)25(23-17-32-15-19(23)10-12-27)20-5-7-21(8-6-20)30-13-3-1-2-4-24(28)29;1-3-26-14-28-19-5-18(6-20(7-19)29-15-27-4-2)23(21-12-30-10-16(21)8-24)22-13-31-11-17(22)9-25/h9-10,13-19H,1-8,11-12H2,(H,28,29)(H,30,31);5-8,14-17,26-27H,1-4,9-13H2,(H,28,29);5-7,10-13,24-25H,3-4,8-9,14-15H2,1-2H3. The summed E-state index contributed by atoms with van der Waals surface area (Å²) in [5, 5.41) is 89.4. The van der Waals surface area contributed by atoms with E-state index in [1.54, 1.807) is 51.4 Å². The zero-order valence-corrected chi connectivity index (χ0v) is 59.9. The molecule has 0 bridgehead atoms. The topological polar surface area (TPSA) is 267 Å². The molecule has 0 saturated carbocycles. The smallest absolute Gasteiger partial charge is 0.303 e. The predicted octanol–water partition coefficient (Wildman–Crippen LogP) is 17.7. The number of ether oxygens (including phenoxy) is 7. The summed E-state index contributed by atoms with van der Waals surface area (Å²) >= 11 is 9.48. The van der Waals surface area contributed by atoms with E-state index in [2.05, 4.69) is 54.2 Å². The Hall–Kier alpha value is -7.57. The van der Waals surface area contributed by atoms with Crippen molar-refractivity contribution in [2.24, 2.45) is 0 Å². The van der Waals surface area contributed by atoms with E-state index >= 15 is 0 Å². The third-order valence-electron chi connectivity index (χ3n) is 14.7. The molecular weight excluding hydrogens is 1370 g/mol. The van der Waals surface area contributed by atoms with Gasteiger partial charge in [0.2, 0.25) is 0 Å². The number of carboxylic acids is 3. The third kappa shape index (κ3) is 25.3. The highest BCUT2D eigenvalue weighted by atomic mass is 32.1. The molecule has 0 radical (unpaired) electrons. The number of thiophene rings is 6. The van der Waals surface area contributed by atoms with Gasteiger partial charge in [0.05, 0.1) is 78.5 Å². The van der Waals surface area contributed by atoms with Gasteiger partial charge < -0.3 is 83.6 Å². The van der Waals surface area contributed by atoms with Crippen LogP contribution in [0.15, 0.2) is 137 Å². The zero-order chi connectivity index (χ0) is 69.7. The third-order valence-corrected chi connectivity index (χ3v) is 19.2. The number of rotatable bonds is 44. The van der Waals surface area contributed by atoms with Crippen molar-refractivity contribution in [3.05, 3.63) is 160 Å². The molecule has 9 rings (SSSR count). The molecular formula is C72H87N3O17S6. The lowest BCUT2D eigenvalue weighted by Gasteiger charge is -2.26. The van der Waals surface area contributed by atoms with Gasteiger partial charge in [-0.1, -0.05) is 0 Å². The quantitative estimate of drug-likeness (QED) is 0.0138. The van der Waals surface area contributed by atoms with Crippen LogP contribution in [-0.4, -0.2) is 113 Å². The minimum Gasteiger partial charge on any atom is -0.494 e. The lowest BCUT2D eigenvalue weighted by molar-refractivity contribution is -0.138. The summed E-state index contributed by atoms with van der Waals surface area (Å²) in [6.45, 7) is 6.65. The minimum atomic E-state index is -0.773. The predicted molar refractivity (Wildman–Crippen MR) is 393 cm³/mol. The Morgan fingerprint density at radius 2 is 0.714 bits per heavy atom. The molecule has 26 heteroatoms. The first-order valence-electron chi connectivity index (χ1n) is 32.3. The summed E-state index contributed by atoms with van der Waals surface area (Å²) in [5.41, 5.74) is 12.3. The lowest BCUT2D eigenvalue weighted by atomic mass is 10.1. The van der Waals surface area contributed by atoms with Gasteiger partial charge in [-0.15, -0.1) is 45.3 Å². The molecule has 0 aliphatic rings. The molecule has 0 aliphatic carbocycles. The van der Waals surface area contributed by atoms with Crippen LogP contribution >= 0.6 is 68.0 Å². The summed E-state index contributed by atoms with van der Waals surface area (Å²) in [4.78, 5) is 38.3. The summed E-state index contributed by atoms with van der Waals surface area (Å²) < 4.78 is 40.1. The summed E-state index contributed by atoms with van der Waals surface area (Å²) in [5.74, 6) is 0.998. The number of anilines is 9. The number of benzene rings is 3. The SMILES string of the molecule is CCOCOc1cc(OCOCC)cc(N(c2cscc2CO)c2cscc2CO)c1.O=C(O)CCCCCOc1cc(OCCCCCC(=O)O)cc(N(c2ccsc2)c2ccsc2)c1.O=C(O)CCCCCOc1ccc(N(c2cscc2CCO)c2cscc2CCO)cc1. The second kappa shape index (κ2) is 43.8. The number of carboxylic acid groups (broad SMARTS) is 3. The van der Waals surface area contributed by atoms with Gasteiger partial charge in [0.15, 0.2) is 13.6 Å². The second-order valence-electron chi connectivity index (χ2n) is 21.8. The summed E-state index contributed by atoms with van der Waals surface area (Å²) in [6, 6.07) is 23.4. The maximum atomic E-state index is 10.7. The second-order valence-corrected chi connectivity index (χ2v) is 26.4. The van der Waals surface area contributed by atoms with Crippen molar-refractivity contribution in [3.63, 3.8) is 0 Å². The van der Waals surface area contributed by atoms with Crippen LogP contribution in [0.4, 0.5) is 51.2 Å². The Morgan fingerprint density at radius 1 is 0.357 bits per heavy atom. The summed E-state index contributed by atoms with van der Waals surface area (Å²) in [6.07, 6.45) is 8.44. The van der Waals surface area contributed by atoms with Gasteiger partial charge in [0, 0.05) is 131 Å². The first-order chi connectivity index (χ1) is 47.9. The van der Waals surface area contributed by atoms with Gasteiger partial charge in [0.25, 0.3) is 0 Å². The number of hydrogen-bond acceptors (Lipinski definition) is 23. The van der Waals surface area contributed by atoms with Crippen molar-refractivity contribution in [1.29, 1.82) is 0 Å². The van der Waals surface area contributed by atoms with Crippen molar-refractivity contribution < 1.29 is 83.3 Å². The highest BCUT2D eigenvalue weighted by Crippen LogP contribution is 2.46. The molecule has 0 spiro atoms. The van der Waals surface area contributed by atoms with Crippen LogP contribution in [0.1, 0.15) is 113 Å². The fourth-order valence-corrected chi connectivity index (χ4v) is 14.5. The van der Waals surface area contributed by atoms with Crippen LogP contribution < -0.4 is 38.4 Å². The lowest BCUT2D eigenvalue weighted by Crippen LogP contribution is -2.13. The largest absolute Gasteiger partial charge is 0.494 e. The highest BCUT2D eigenvalue weighted by molar-refractivity contribution is 7.10. The van der Waals surface area contributed by atoms with Crippen molar-refractivity contribution in [2.75, 3.05) is 74.5 Å². The van der Waals surface area contributed by atoms with Crippen LogP contribution in [0.25, 0.3) is 0 Å². The van der Waals surface area contributed by atoms with E-state index in [9.17, 15) is 34.8 Å². The number of aliphatic hydroxyl groups excluding tert-OH is 4. The maximum absolute atomic E-state index is 10.7. The molecule has 528 valence electrons. The molecule has 0 amide bonds. The Balaban J connectivity index is 0.000000207. The summed E-state index contributed by atoms with van der Waals surface area (Å²) in [7, 11) is 0. The monoisotopic (exact) mass is 1460 g/mol. The Bertz CT molecular complexity index is 3510. The van der Waals surface area contributed by atoms with E-state index < -0.39 is 17.9 Å².